The number of esters is 1. The number of carbonyl (C=O) groups excluding carboxylic acids is 1. The predicted octanol–water partition coefficient (Wildman–Crippen LogP) is 1.29. The number of nitrogens with zero attached hydrogens (tertiary/aromatic N) is 1. The molecule has 0 atom stereocenters. The summed E-state index contributed by atoms with van der Waals surface area (Å²) in [4.78, 5) is 15.9. The number of nitrogens with one attached hydrogen (secondary N) is 1. The Morgan fingerprint density at radius 3 is 3.31 bits per heavy atom. The van der Waals surface area contributed by atoms with Gasteiger partial charge in [0.25, 0.3) is 0 Å². The summed E-state index contributed by atoms with van der Waals surface area (Å²) in [5.74, 6) is -0.268. The minimum atomic E-state index is -0.268. The highest BCUT2D eigenvalue weighted by atomic mass is 16.5. The van der Waals surface area contributed by atoms with Gasteiger partial charge in [-0.1, -0.05) is 6.92 Å². The third-order valence-electron chi connectivity index (χ3n) is 2.60. The van der Waals surface area contributed by atoms with E-state index >= 15 is 0 Å². The van der Waals surface area contributed by atoms with Gasteiger partial charge in [-0.05, 0) is 31.0 Å². The SMILES string of the molecule is CCCOC(=O)c1cnc2c(c1)CCNC2. The van der Waals surface area contributed by atoms with Crippen molar-refractivity contribution < 1.29 is 9.53 Å². The number of fused-ring (bicyclic) bond motifs is 1. The van der Waals surface area contributed by atoms with Crippen molar-refractivity contribution in [3.8, 4) is 0 Å². The lowest BCUT2D eigenvalue weighted by Gasteiger charge is -2.16. The van der Waals surface area contributed by atoms with E-state index in [1.165, 1.54) is 0 Å². The Hall–Kier alpha value is -1.42. The molecule has 1 aromatic heterocycles. The van der Waals surface area contributed by atoms with E-state index < -0.39 is 0 Å². The zero-order chi connectivity index (χ0) is 11.4. The van der Waals surface area contributed by atoms with Crippen molar-refractivity contribution in [3.63, 3.8) is 0 Å². The molecular weight excluding hydrogens is 204 g/mol. The fourth-order valence-corrected chi connectivity index (χ4v) is 1.73. The Morgan fingerprint density at radius 1 is 1.62 bits per heavy atom. The van der Waals surface area contributed by atoms with Crippen molar-refractivity contribution in [3.05, 3.63) is 29.1 Å². The van der Waals surface area contributed by atoms with Gasteiger partial charge in [0.05, 0.1) is 17.9 Å². The first-order chi connectivity index (χ1) is 7.81. The molecule has 0 radical (unpaired) electrons. The minimum Gasteiger partial charge on any atom is -0.462 e. The second-order valence-electron chi connectivity index (χ2n) is 3.89. The number of hydrogen-bond acceptors (Lipinski definition) is 4. The molecule has 16 heavy (non-hydrogen) atoms. The molecule has 1 aliphatic rings. The predicted molar refractivity (Wildman–Crippen MR) is 60.2 cm³/mol. The van der Waals surface area contributed by atoms with E-state index in [0.29, 0.717) is 12.2 Å². The van der Waals surface area contributed by atoms with Crippen LogP contribution in [-0.2, 0) is 17.7 Å². The Bertz CT molecular complexity index is 391. The zero-order valence-electron chi connectivity index (χ0n) is 9.45. The Kier molecular flexibility index (Phi) is 3.51. The maximum atomic E-state index is 11.6. The van der Waals surface area contributed by atoms with E-state index in [0.717, 1.165) is 37.2 Å². The van der Waals surface area contributed by atoms with Crippen LogP contribution in [0.1, 0.15) is 35.0 Å². The third-order valence-corrected chi connectivity index (χ3v) is 2.60. The summed E-state index contributed by atoms with van der Waals surface area (Å²) in [6, 6.07) is 1.90. The van der Waals surface area contributed by atoms with Crippen molar-refractivity contribution in [2.24, 2.45) is 0 Å². The molecule has 0 amide bonds. The number of carbonyl (C=O) groups is 1. The fourth-order valence-electron chi connectivity index (χ4n) is 1.73. The van der Waals surface area contributed by atoms with E-state index in [-0.39, 0.29) is 5.97 Å². The highest BCUT2D eigenvalue weighted by Gasteiger charge is 2.14. The molecule has 1 aliphatic heterocycles. The minimum absolute atomic E-state index is 0.268. The van der Waals surface area contributed by atoms with Gasteiger partial charge in [0.1, 0.15) is 0 Å². The lowest BCUT2D eigenvalue weighted by molar-refractivity contribution is 0.0504. The molecule has 2 heterocycles. The van der Waals surface area contributed by atoms with Crippen molar-refractivity contribution in [2.45, 2.75) is 26.3 Å². The van der Waals surface area contributed by atoms with Gasteiger partial charge >= 0.3 is 5.97 Å². The molecule has 0 bridgehead atoms. The lowest BCUT2D eigenvalue weighted by atomic mass is 10.0. The van der Waals surface area contributed by atoms with Crippen molar-refractivity contribution in [1.29, 1.82) is 0 Å². The summed E-state index contributed by atoms with van der Waals surface area (Å²) in [5.41, 5.74) is 2.76. The van der Waals surface area contributed by atoms with E-state index in [4.69, 9.17) is 4.74 Å². The van der Waals surface area contributed by atoms with Crippen LogP contribution in [0.5, 0.6) is 0 Å². The summed E-state index contributed by atoms with van der Waals surface area (Å²) < 4.78 is 5.07. The third kappa shape index (κ3) is 2.39. The molecule has 4 nitrogen and oxygen atoms in total. The molecule has 86 valence electrons. The van der Waals surface area contributed by atoms with Crippen LogP contribution >= 0.6 is 0 Å². The molecule has 1 aromatic rings. The molecule has 0 aliphatic carbocycles. The molecule has 0 fully saturated rings. The van der Waals surface area contributed by atoms with Gasteiger partial charge in [-0.15, -0.1) is 0 Å². The van der Waals surface area contributed by atoms with Crippen LogP contribution in [-0.4, -0.2) is 24.1 Å². The topological polar surface area (TPSA) is 51.2 Å². The first-order valence-corrected chi connectivity index (χ1v) is 5.67. The highest BCUT2D eigenvalue weighted by molar-refractivity contribution is 5.89. The number of ether oxygens (including phenoxy) is 1. The van der Waals surface area contributed by atoms with Crippen molar-refractivity contribution in [2.75, 3.05) is 13.2 Å². The smallest absolute Gasteiger partial charge is 0.339 e. The largest absolute Gasteiger partial charge is 0.462 e. The van der Waals surface area contributed by atoms with Crippen LogP contribution in [0.2, 0.25) is 0 Å². The Morgan fingerprint density at radius 2 is 2.50 bits per heavy atom. The highest BCUT2D eigenvalue weighted by Crippen LogP contribution is 2.13. The van der Waals surface area contributed by atoms with Crippen molar-refractivity contribution >= 4 is 5.97 Å². The van der Waals surface area contributed by atoms with Crippen LogP contribution in [0.25, 0.3) is 0 Å². The van der Waals surface area contributed by atoms with Gasteiger partial charge in [0, 0.05) is 12.7 Å². The average molecular weight is 220 g/mol. The second kappa shape index (κ2) is 5.07. The molecule has 0 saturated carbocycles. The average Bonchev–Trinajstić information content (AvgIpc) is 2.35. The summed E-state index contributed by atoms with van der Waals surface area (Å²) in [5, 5.41) is 3.25. The summed E-state index contributed by atoms with van der Waals surface area (Å²) in [7, 11) is 0. The van der Waals surface area contributed by atoms with Gasteiger partial charge in [-0.25, -0.2) is 4.79 Å². The molecule has 1 N–H and O–H groups in total. The van der Waals surface area contributed by atoms with Crippen LogP contribution in [0, 0.1) is 0 Å². The van der Waals surface area contributed by atoms with Gasteiger partial charge in [-0.3, -0.25) is 4.98 Å². The summed E-state index contributed by atoms with van der Waals surface area (Å²) in [6.07, 6.45) is 3.37. The van der Waals surface area contributed by atoms with Crippen LogP contribution < -0.4 is 5.32 Å². The first kappa shape index (κ1) is 11.1. The number of rotatable bonds is 3. The number of hydrogen-bond donors (Lipinski definition) is 1. The van der Waals surface area contributed by atoms with Crippen LogP contribution in [0.15, 0.2) is 12.3 Å². The van der Waals surface area contributed by atoms with Crippen LogP contribution in [0.4, 0.5) is 0 Å². The fraction of sp³-hybridized carbons (Fsp3) is 0.500. The van der Waals surface area contributed by atoms with E-state index in [1.807, 2.05) is 13.0 Å². The van der Waals surface area contributed by atoms with Gasteiger partial charge in [0.15, 0.2) is 0 Å². The maximum absolute atomic E-state index is 11.6. The normalized spacial score (nSPS) is 14.3. The molecule has 0 spiro atoms. The lowest BCUT2D eigenvalue weighted by Crippen LogP contribution is -2.25. The second-order valence-corrected chi connectivity index (χ2v) is 3.89. The van der Waals surface area contributed by atoms with Crippen molar-refractivity contribution in [1.82, 2.24) is 10.3 Å². The molecule has 0 saturated heterocycles. The molecule has 2 rings (SSSR count). The summed E-state index contributed by atoms with van der Waals surface area (Å²) >= 11 is 0. The standard InChI is InChI=1S/C12H16N2O2/c1-2-5-16-12(15)10-6-9-3-4-13-8-11(9)14-7-10/h6-7,13H,2-5,8H2,1H3. The Balaban J connectivity index is 2.13. The molecule has 4 heteroatoms. The first-order valence-electron chi connectivity index (χ1n) is 5.67. The van der Waals surface area contributed by atoms with E-state index in [9.17, 15) is 4.79 Å². The molecular formula is C12H16N2O2. The maximum Gasteiger partial charge on any atom is 0.339 e. The van der Waals surface area contributed by atoms with Gasteiger partial charge in [0.2, 0.25) is 0 Å². The Labute approximate surface area is 95.0 Å². The van der Waals surface area contributed by atoms with Gasteiger partial charge in [-0.2, -0.15) is 0 Å². The van der Waals surface area contributed by atoms with E-state index in [1.54, 1.807) is 6.20 Å². The summed E-state index contributed by atoms with van der Waals surface area (Å²) in [6.45, 7) is 4.18. The molecule has 0 aromatic carbocycles. The van der Waals surface area contributed by atoms with Gasteiger partial charge < -0.3 is 10.1 Å². The quantitative estimate of drug-likeness (QED) is 0.780. The molecule has 0 unspecified atom stereocenters. The van der Waals surface area contributed by atoms with Crippen LogP contribution in [0.3, 0.4) is 0 Å². The zero-order valence-corrected chi connectivity index (χ0v) is 9.45. The number of pyridine rings is 1. The monoisotopic (exact) mass is 220 g/mol. The van der Waals surface area contributed by atoms with E-state index in [2.05, 4.69) is 10.3 Å². The number of aromatic nitrogens is 1.